The fraction of sp³-hybridized carbons (Fsp3) is 0.875. The number of unbranched alkanes of at least 4 members (excludes halogenated alkanes) is 1. The van der Waals surface area contributed by atoms with E-state index in [1.54, 1.807) is 0 Å². The van der Waals surface area contributed by atoms with Gasteiger partial charge in [-0.2, -0.15) is 0 Å². The number of piperazine rings is 1. The molecule has 2 heterocycles. The third kappa shape index (κ3) is 3.15. The van der Waals surface area contributed by atoms with Crippen LogP contribution in [0.3, 0.4) is 0 Å². The first-order chi connectivity index (χ1) is 9.69. The molecule has 2 atom stereocenters. The molecule has 4 nitrogen and oxygen atoms in total. The van der Waals surface area contributed by atoms with Gasteiger partial charge in [0.25, 0.3) is 0 Å². The minimum atomic E-state index is -0.161. The van der Waals surface area contributed by atoms with Crippen molar-refractivity contribution in [3.63, 3.8) is 0 Å². The van der Waals surface area contributed by atoms with Crippen LogP contribution in [-0.2, 0) is 9.59 Å². The Kier molecular flexibility index (Phi) is 5.44. The van der Waals surface area contributed by atoms with Crippen molar-refractivity contribution in [1.29, 1.82) is 0 Å². The van der Waals surface area contributed by atoms with Gasteiger partial charge in [-0.25, -0.2) is 0 Å². The van der Waals surface area contributed by atoms with Crippen molar-refractivity contribution in [3.05, 3.63) is 0 Å². The third-order valence-corrected chi connectivity index (χ3v) is 4.65. The summed E-state index contributed by atoms with van der Waals surface area (Å²) in [6.45, 7) is 5.41. The first kappa shape index (κ1) is 15.3. The van der Waals surface area contributed by atoms with Gasteiger partial charge in [0.1, 0.15) is 12.6 Å². The lowest BCUT2D eigenvalue weighted by Gasteiger charge is -2.45. The maximum atomic E-state index is 12.7. The Balaban J connectivity index is 2.09. The minimum absolute atomic E-state index is 0.159. The Morgan fingerprint density at radius 2 is 1.95 bits per heavy atom. The lowest BCUT2D eigenvalue weighted by atomic mass is 9.95. The molecule has 0 N–H and O–H groups in total. The molecule has 0 saturated carbocycles. The van der Waals surface area contributed by atoms with Crippen LogP contribution in [0.15, 0.2) is 0 Å². The van der Waals surface area contributed by atoms with Crippen molar-refractivity contribution in [2.45, 2.75) is 77.3 Å². The van der Waals surface area contributed by atoms with E-state index in [0.717, 1.165) is 57.9 Å². The van der Waals surface area contributed by atoms with Crippen LogP contribution in [0, 0.1) is 0 Å². The van der Waals surface area contributed by atoms with E-state index in [0.29, 0.717) is 6.54 Å². The van der Waals surface area contributed by atoms with E-state index in [-0.39, 0.29) is 23.9 Å². The highest BCUT2D eigenvalue weighted by molar-refractivity contribution is 5.95. The molecule has 0 aliphatic carbocycles. The highest BCUT2D eigenvalue weighted by Gasteiger charge is 2.42. The lowest BCUT2D eigenvalue weighted by Crippen LogP contribution is -2.63. The van der Waals surface area contributed by atoms with E-state index in [1.165, 1.54) is 0 Å². The predicted octanol–water partition coefficient (Wildman–Crippen LogP) is 2.57. The summed E-state index contributed by atoms with van der Waals surface area (Å²) in [6.07, 6.45) is 8.38. The van der Waals surface area contributed by atoms with Gasteiger partial charge >= 0.3 is 0 Å². The van der Waals surface area contributed by atoms with Crippen LogP contribution in [0.2, 0.25) is 0 Å². The topological polar surface area (TPSA) is 40.6 Å². The molecule has 0 spiro atoms. The monoisotopic (exact) mass is 280 g/mol. The average molecular weight is 280 g/mol. The van der Waals surface area contributed by atoms with E-state index in [4.69, 9.17) is 0 Å². The first-order valence-electron chi connectivity index (χ1n) is 8.29. The van der Waals surface area contributed by atoms with Crippen LogP contribution < -0.4 is 0 Å². The zero-order chi connectivity index (χ0) is 14.5. The quantitative estimate of drug-likeness (QED) is 0.750. The predicted molar refractivity (Wildman–Crippen MR) is 79.3 cm³/mol. The standard InChI is InChI=1S/C16H28N2O2/c1-3-5-9-13(8-4-2)18-12-15(19)17-11-7-6-10-14(17)16(18)20/h13-14H,3-12H2,1-2H3. The largest absolute Gasteiger partial charge is 0.329 e. The Labute approximate surface area is 122 Å². The number of hydrogen-bond donors (Lipinski definition) is 0. The summed E-state index contributed by atoms with van der Waals surface area (Å²) in [5.41, 5.74) is 0. The van der Waals surface area contributed by atoms with Crippen LogP contribution in [-0.4, -0.2) is 46.8 Å². The highest BCUT2D eigenvalue weighted by atomic mass is 16.2. The number of nitrogens with zero attached hydrogens (tertiary/aromatic N) is 2. The third-order valence-electron chi connectivity index (χ3n) is 4.65. The van der Waals surface area contributed by atoms with Crippen LogP contribution in [0.25, 0.3) is 0 Å². The molecule has 2 unspecified atom stereocenters. The summed E-state index contributed by atoms with van der Waals surface area (Å²) < 4.78 is 0. The molecule has 2 aliphatic rings. The molecule has 2 fully saturated rings. The van der Waals surface area contributed by atoms with Gasteiger partial charge in [0.15, 0.2) is 0 Å². The number of carbonyl (C=O) groups is 2. The first-order valence-corrected chi connectivity index (χ1v) is 8.29. The molecule has 0 aromatic rings. The van der Waals surface area contributed by atoms with E-state index in [2.05, 4.69) is 13.8 Å². The average Bonchev–Trinajstić information content (AvgIpc) is 2.47. The van der Waals surface area contributed by atoms with Crippen molar-refractivity contribution >= 4 is 11.8 Å². The zero-order valence-electron chi connectivity index (χ0n) is 12.9. The van der Waals surface area contributed by atoms with Crippen molar-refractivity contribution in [1.82, 2.24) is 9.80 Å². The molecule has 4 heteroatoms. The van der Waals surface area contributed by atoms with Gasteiger partial charge in [-0.3, -0.25) is 9.59 Å². The molecule has 0 aromatic heterocycles. The molecular formula is C16H28N2O2. The maximum absolute atomic E-state index is 12.7. The molecule has 0 radical (unpaired) electrons. The van der Waals surface area contributed by atoms with Gasteiger partial charge in [-0.15, -0.1) is 0 Å². The van der Waals surface area contributed by atoms with Gasteiger partial charge in [0, 0.05) is 12.6 Å². The summed E-state index contributed by atoms with van der Waals surface area (Å²) >= 11 is 0. The zero-order valence-corrected chi connectivity index (χ0v) is 12.9. The van der Waals surface area contributed by atoms with Gasteiger partial charge in [0.05, 0.1) is 0 Å². The van der Waals surface area contributed by atoms with Gasteiger partial charge in [-0.1, -0.05) is 33.1 Å². The molecule has 0 aromatic carbocycles. The summed E-state index contributed by atoms with van der Waals surface area (Å²) in [4.78, 5) is 28.7. The molecule has 20 heavy (non-hydrogen) atoms. The second-order valence-corrected chi connectivity index (χ2v) is 6.15. The second kappa shape index (κ2) is 7.09. The molecule has 2 amide bonds. The van der Waals surface area contributed by atoms with Crippen molar-refractivity contribution in [2.75, 3.05) is 13.1 Å². The van der Waals surface area contributed by atoms with Crippen LogP contribution in [0.4, 0.5) is 0 Å². The molecule has 2 rings (SSSR count). The minimum Gasteiger partial charge on any atom is -0.329 e. The number of amides is 2. The summed E-state index contributed by atoms with van der Waals surface area (Å²) in [5, 5.41) is 0. The van der Waals surface area contributed by atoms with Crippen LogP contribution in [0.1, 0.15) is 65.2 Å². The number of piperidine rings is 1. The van der Waals surface area contributed by atoms with Crippen LogP contribution in [0.5, 0.6) is 0 Å². The van der Waals surface area contributed by atoms with Gasteiger partial charge in [0.2, 0.25) is 11.8 Å². The normalized spacial score (nSPS) is 24.8. The van der Waals surface area contributed by atoms with E-state index >= 15 is 0 Å². The Hall–Kier alpha value is -1.06. The molecule has 2 aliphatic heterocycles. The fourth-order valence-electron chi connectivity index (χ4n) is 3.53. The fourth-order valence-corrected chi connectivity index (χ4v) is 3.53. The SMILES string of the molecule is CCCCC(CCC)N1CC(=O)N2CCCCC2C1=O. The molecule has 114 valence electrons. The summed E-state index contributed by atoms with van der Waals surface area (Å²) in [7, 11) is 0. The van der Waals surface area contributed by atoms with Crippen molar-refractivity contribution < 1.29 is 9.59 Å². The lowest BCUT2D eigenvalue weighted by molar-refractivity contribution is -0.160. The Bertz CT molecular complexity index is 356. The molecular weight excluding hydrogens is 252 g/mol. The number of fused-ring (bicyclic) bond motifs is 1. The van der Waals surface area contributed by atoms with Gasteiger partial charge < -0.3 is 9.80 Å². The highest BCUT2D eigenvalue weighted by Crippen LogP contribution is 2.26. The van der Waals surface area contributed by atoms with E-state index in [9.17, 15) is 9.59 Å². The number of rotatable bonds is 6. The molecule has 2 saturated heterocycles. The maximum Gasteiger partial charge on any atom is 0.246 e. The summed E-state index contributed by atoms with van der Waals surface area (Å²) in [5.74, 6) is 0.366. The summed E-state index contributed by atoms with van der Waals surface area (Å²) in [6, 6.07) is 0.103. The van der Waals surface area contributed by atoms with Crippen molar-refractivity contribution in [3.8, 4) is 0 Å². The smallest absolute Gasteiger partial charge is 0.246 e. The van der Waals surface area contributed by atoms with Crippen molar-refractivity contribution in [2.24, 2.45) is 0 Å². The number of hydrogen-bond acceptors (Lipinski definition) is 2. The molecule has 0 bridgehead atoms. The number of carbonyl (C=O) groups excluding carboxylic acids is 2. The van der Waals surface area contributed by atoms with Crippen LogP contribution >= 0.6 is 0 Å². The van der Waals surface area contributed by atoms with E-state index in [1.807, 2.05) is 9.80 Å². The Morgan fingerprint density at radius 3 is 2.65 bits per heavy atom. The van der Waals surface area contributed by atoms with E-state index < -0.39 is 0 Å². The van der Waals surface area contributed by atoms with Gasteiger partial charge in [-0.05, 0) is 32.1 Å². The second-order valence-electron chi connectivity index (χ2n) is 6.15. The Morgan fingerprint density at radius 1 is 1.15 bits per heavy atom.